The molecule has 2 nitrogen and oxygen atoms in total. The van der Waals surface area contributed by atoms with Crippen LogP contribution in [0.4, 0.5) is 0 Å². The lowest BCUT2D eigenvalue weighted by Crippen LogP contribution is -2.26. The molecule has 0 bridgehead atoms. The maximum absolute atomic E-state index is 6.12. The van der Waals surface area contributed by atoms with Gasteiger partial charge in [-0.2, -0.15) is 0 Å². The van der Waals surface area contributed by atoms with Crippen LogP contribution in [0.3, 0.4) is 0 Å². The normalized spacial score (nSPS) is 12.7. The SMILES string of the molecule is CCCNC(COCCC)c1cc(C)cc(Cl)c1. The molecule has 1 unspecified atom stereocenters. The molecular weight excluding hydrogens is 246 g/mol. The number of hydrogen-bond acceptors (Lipinski definition) is 2. The molecule has 0 radical (unpaired) electrons. The minimum Gasteiger partial charge on any atom is -0.379 e. The van der Waals surface area contributed by atoms with Gasteiger partial charge in [-0.1, -0.05) is 31.5 Å². The summed E-state index contributed by atoms with van der Waals surface area (Å²) in [5.74, 6) is 0. The molecule has 0 saturated heterocycles. The van der Waals surface area contributed by atoms with Crippen molar-refractivity contribution in [1.82, 2.24) is 5.32 Å². The van der Waals surface area contributed by atoms with E-state index in [1.165, 1.54) is 11.1 Å². The lowest BCUT2D eigenvalue weighted by molar-refractivity contribution is 0.112. The maximum atomic E-state index is 6.12. The van der Waals surface area contributed by atoms with Crippen LogP contribution in [0.25, 0.3) is 0 Å². The molecule has 0 spiro atoms. The van der Waals surface area contributed by atoms with E-state index in [4.69, 9.17) is 16.3 Å². The largest absolute Gasteiger partial charge is 0.379 e. The van der Waals surface area contributed by atoms with Gasteiger partial charge in [0.15, 0.2) is 0 Å². The Labute approximate surface area is 116 Å². The molecule has 102 valence electrons. The molecule has 0 amide bonds. The highest BCUT2D eigenvalue weighted by Gasteiger charge is 2.11. The second-order valence-electron chi connectivity index (χ2n) is 4.64. The first kappa shape index (κ1) is 15.5. The Morgan fingerprint density at radius 3 is 2.61 bits per heavy atom. The van der Waals surface area contributed by atoms with E-state index in [0.29, 0.717) is 6.61 Å². The molecule has 0 saturated carbocycles. The Morgan fingerprint density at radius 1 is 1.22 bits per heavy atom. The highest BCUT2D eigenvalue weighted by Crippen LogP contribution is 2.21. The van der Waals surface area contributed by atoms with Crippen LogP contribution in [0.5, 0.6) is 0 Å². The lowest BCUT2D eigenvalue weighted by Gasteiger charge is -2.20. The Morgan fingerprint density at radius 2 is 2.00 bits per heavy atom. The molecule has 0 aliphatic rings. The Kier molecular flexibility index (Phi) is 7.33. The van der Waals surface area contributed by atoms with Gasteiger partial charge in [0.25, 0.3) is 0 Å². The molecule has 18 heavy (non-hydrogen) atoms. The molecule has 0 fully saturated rings. The van der Waals surface area contributed by atoms with Crippen molar-refractivity contribution in [3.8, 4) is 0 Å². The number of halogens is 1. The minimum atomic E-state index is 0.230. The van der Waals surface area contributed by atoms with Crippen LogP contribution in [0.2, 0.25) is 5.02 Å². The third kappa shape index (κ3) is 5.38. The van der Waals surface area contributed by atoms with Gasteiger partial charge in [-0.05, 0) is 49.6 Å². The van der Waals surface area contributed by atoms with Gasteiger partial charge in [-0.15, -0.1) is 0 Å². The van der Waals surface area contributed by atoms with Gasteiger partial charge < -0.3 is 10.1 Å². The van der Waals surface area contributed by atoms with E-state index < -0.39 is 0 Å². The standard InChI is InChI=1S/C15H24ClNO/c1-4-6-17-15(11-18-7-5-2)13-8-12(3)9-14(16)10-13/h8-10,15,17H,4-7,11H2,1-3H3. The fourth-order valence-corrected chi connectivity index (χ4v) is 2.20. The summed E-state index contributed by atoms with van der Waals surface area (Å²) in [6, 6.07) is 6.41. The minimum absolute atomic E-state index is 0.230. The molecule has 0 aliphatic heterocycles. The van der Waals surface area contributed by atoms with E-state index in [1.54, 1.807) is 0 Å². The molecule has 0 aromatic heterocycles. The van der Waals surface area contributed by atoms with Crippen LogP contribution in [0.1, 0.15) is 43.9 Å². The zero-order chi connectivity index (χ0) is 13.4. The van der Waals surface area contributed by atoms with Crippen molar-refractivity contribution in [2.45, 2.75) is 39.7 Å². The van der Waals surface area contributed by atoms with Gasteiger partial charge in [0.1, 0.15) is 0 Å². The Bertz CT molecular complexity index is 334. The number of nitrogens with one attached hydrogen (secondary N) is 1. The smallest absolute Gasteiger partial charge is 0.0661 e. The van der Waals surface area contributed by atoms with Gasteiger partial charge in [0.2, 0.25) is 0 Å². The molecule has 3 heteroatoms. The van der Waals surface area contributed by atoms with E-state index >= 15 is 0 Å². The average molecular weight is 270 g/mol. The molecule has 0 aliphatic carbocycles. The van der Waals surface area contributed by atoms with Gasteiger partial charge >= 0.3 is 0 Å². The fourth-order valence-electron chi connectivity index (χ4n) is 1.90. The summed E-state index contributed by atoms with van der Waals surface area (Å²) in [6.45, 7) is 8.86. The molecule has 1 rings (SSSR count). The summed E-state index contributed by atoms with van der Waals surface area (Å²) < 4.78 is 5.67. The molecule has 1 aromatic rings. The van der Waals surface area contributed by atoms with Crippen molar-refractivity contribution in [1.29, 1.82) is 0 Å². The zero-order valence-electron chi connectivity index (χ0n) is 11.6. The summed E-state index contributed by atoms with van der Waals surface area (Å²) in [5.41, 5.74) is 2.40. The predicted octanol–water partition coefficient (Wildman–Crippen LogP) is 4.12. The van der Waals surface area contributed by atoms with Gasteiger partial charge in [-0.3, -0.25) is 0 Å². The first-order chi connectivity index (χ1) is 8.67. The van der Waals surface area contributed by atoms with Crippen LogP contribution >= 0.6 is 11.6 Å². The number of rotatable bonds is 8. The van der Waals surface area contributed by atoms with Crippen molar-refractivity contribution < 1.29 is 4.74 Å². The third-order valence-electron chi connectivity index (χ3n) is 2.74. The van der Waals surface area contributed by atoms with E-state index in [2.05, 4.69) is 32.2 Å². The zero-order valence-corrected chi connectivity index (χ0v) is 12.4. The van der Waals surface area contributed by atoms with Crippen molar-refractivity contribution in [3.05, 3.63) is 34.3 Å². The van der Waals surface area contributed by atoms with Crippen molar-refractivity contribution in [2.75, 3.05) is 19.8 Å². The van der Waals surface area contributed by atoms with Crippen molar-refractivity contribution in [3.63, 3.8) is 0 Å². The average Bonchev–Trinajstić information content (AvgIpc) is 2.32. The first-order valence-electron chi connectivity index (χ1n) is 6.75. The Balaban J connectivity index is 2.72. The lowest BCUT2D eigenvalue weighted by atomic mass is 10.0. The molecule has 1 atom stereocenters. The second-order valence-corrected chi connectivity index (χ2v) is 5.08. The number of aryl methyl sites for hydroxylation is 1. The van der Waals surface area contributed by atoms with Crippen LogP contribution < -0.4 is 5.32 Å². The first-order valence-corrected chi connectivity index (χ1v) is 7.13. The summed E-state index contributed by atoms with van der Waals surface area (Å²) >= 11 is 6.12. The van der Waals surface area contributed by atoms with Crippen LogP contribution in [0.15, 0.2) is 18.2 Å². The van der Waals surface area contributed by atoms with Gasteiger partial charge in [0.05, 0.1) is 12.6 Å². The summed E-state index contributed by atoms with van der Waals surface area (Å²) in [4.78, 5) is 0. The number of hydrogen-bond donors (Lipinski definition) is 1. The molecular formula is C15H24ClNO. The number of ether oxygens (including phenoxy) is 1. The van der Waals surface area contributed by atoms with E-state index in [-0.39, 0.29) is 6.04 Å². The van der Waals surface area contributed by atoms with Crippen molar-refractivity contribution in [2.24, 2.45) is 0 Å². The third-order valence-corrected chi connectivity index (χ3v) is 2.96. The van der Waals surface area contributed by atoms with E-state index in [9.17, 15) is 0 Å². The summed E-state index contributed by atoms with van der Waals surface area (Å²) in [6.07, 6.45) is 2.17. The maximum Gasteiger partial charge on any atom is 0.0661 e. The summed E-state index contributed by atoms with van der Waals surface area (Å²) in [7, 11) is 0. The highest BCUT2D eigenvalue weighted by atomic mass is 35.5. The van der Waals surface area contributed by atoms with Gasteiger partial charge in [0, 0.05) is 11.6 Å². The monoisotopic (exact) mass is 269 g/mol. The fraction of sp³-hybridized carbons (Fsp3) is 0.600. The Hall–Kier alpha value is -0.570. The highest BCUT2D eigenvalue weighted by molar-refractivity contribution is 6.30. The topological polar surface area (TPSA) is 21.3 Å². The quantitative estimate of drug-likeness (QED) is 0.717. The van der Waals surface area contributed by atoms with Crippen LogP contribution in [-0.4, -0.2) is 19.8 Å². The number of benzene rings is 1. The van der Waals surface area contributed by atoms with E-state index in [1.807, 2.05) is 12.1 Å². The van der Waals surface area contributed by atoms with Crippen LogP contribution in [-0.2, 0) is 4.74 Å². The van der Waals surface area contributed by atoms with Crippen molar-refractivity contribution >= 4 is 11.6 Å². The second kappa shape index (κ2) is 8.52. The molecule has 0 heterocycles. The molecule has 1 N–H and O–H groups in total. The van der Waals surface area contributed by atoms with Crippen LogP contribution in [0, 0.1) is 6.92 Å². The van der Waals surface area contributed by atoms with Gasteiger partial charge in [-0.25, -0.2) is 0 Å². The summed E-state index contributed by atoms with van der Waals surface area (Å²) in [5, 5.41) is 4.31. The predicted molar refractivity (Wildman–Crippen MR) is 78.3 cm³/mol. The molecule has 1 aromatic carbocycles. The van der Waals surface area contributed by atoms with E-state index in [0.717, 1.165) is 31.0 Å².